The molecule has 1 heterocycles. The van der Waals surface area contributed by atoms with Gasteiger partial charge in [0.2, 0.25) is 0 Å². The first-order chi connectivity index (χ1) is 10.1. The fraction of sp³-hybridized carbons (Fsp3) is 0.867. The topological polar surface area (TPSA) is 72.9 Å². The molecule has 1 saturated carbocycles. The summed E-state index contributed by atoms with van der Waals surface area (Å²) in [7, 11) is 0. The van der Waals surface area contributed by atoms with Crippen molar-refractivity contribution in [3.8, 4) is 0 Å². The second-order valence-corrected chi connectivity index (χ2v) is 6.06. The molecular formula is C15H27N3O3. The molecule has 2 atom stereocenters. The van der Waals surface area contributed by atoms with Crippen molar-refractivity contribution < 1.29 is 14.7 Å². The number of amides is 2. The average molecular weight is 297 g/mol. The molecule has 2 rings (SSSR count). The number of nitrogens with zero attached hydrogens (tertiary/aromatic N) is 2. The quantitative estimate of drug-likeness (QED) is 0.772. The summed E-state index contributed by atoms with van der Waals surface area (Å²) in [5, 5.41) is 12.3. The van der Waals surface area contributed by atoms with E-state index in [2.05, 4.69) is 17.1 Å². The zero-order valence-corrected chi connectivity index (χ0v) is 12.9. The maximum absolute atomic E-state index is 12.3. The minimum atomic E-state index is -0.780. The van der Waals surface area contributed by atoms with Gasteiger partial charge in [0.05, 0.1) is 5.92 Å². The number of aliphatic carboxylic acids is 1. The van der Waals surface area contributed by atoms with Gasteiger partial charge in [-0.15, -0.1) is 0 Å². The van der Waals surface area contributed by atoms with Crippen LogP contribution < -0.4 is 5.32 Å². The fourth-order valence-electron chi connectivity index (χ4n) is 3.29. The van der Waals surface area contributed by atoms with Crippen molar-refractivity contribution >= 4 is 12.0 Å². The highest BCUT2D eigenvalue weighted by atomic mass is 16.4. The van der Waals surface area contributed by atoms with E-state index in [0.717, 1.165) is 58.4 Å². The molecule has 1 saturated heterocycles. The Morgan fingerprint density at radius 1 is 1.10 bits per heavy atom. The van der Waals surface area contributed by atoms with Crippen molar-refractivity contribution in [3.63, 3.8) is 0 Å². The molecule has 0 radical (unpaired) electrons. The van der Waals surface area contributed by atoms with Crippen LogP contribution in [0.3, 0.4) is 0 Å². The third-order valence-electron chi connectivity index (χ3n) is 4.75. The summed E-state index contributed by atoms with van der Waals surface area (Å²) in [6, 6.07) is -0.314. The standard InChI is InChI=1S/C15H27N3O3/c1-2-17-8-10-18(11-9-17)15(21)16-13-7-5-3-4-6-12(13)14(19)20/h12-13H,2-11H2,1H3,(H,16,21)(H,19,20). The van der Waals surface area contributed by atoms with E-state index in [1.54, 1.807) is 0 Å². The molecule has 2 fully saturated rings. The van der Waals surface area contributed by atoms with Crippen molar-refractivity contribution in [2.45, 2.75) is 45.1 Å². The monoisotopic (exact) mass is 297 g/mol. The van der Waals surface area contributed by atoms with E-state index in [-0.39, 0.29) is 12.1 Å². The number of likely N-dealkylation sites (N-methyl/N-ethyl adjacent to an activating group) is 1. The number of carbonyl (C=O) groups is 2. The molecule has 120 valence electrons. The second-order valence-electron chi connectivity index (χ2n) is 6.06. The third-order valence-corrected chi connectivity index (χ3v) is 4.75. The van der Waals surface area contributed by atoms with E-state index < -0.39 is 11.9 Å². The zero-order chi connectivity index (χ0) is 15.2. The van der Waals surface area contributed by atoms with Crippen LogP contribution in [0, 0.1) is 5.92 Å². The van der Waals surface area contributed by atoms with Gasteiger partial charge in [-0.25, -0.2) is 4.79 Å². The molecule has 6 heteroatoms. The Labute approximate surface area is 126 Å². The number of carboxylic acid groups (broad SMARTS) is 1. The van der Waals surface area contributed by atoms with Gasteiger partial charge in [0.1, 0.15) is 0 Å². The minimum absolute atomic E-state index is 0.0936. The first-order valence-electron chi connectivity index (χ1n) is 8.12. The highest BCUT2D eigenvalue weighted by Crippen LogP contribution is 2.24. The summed E-state index contributed by atoms with van der Waals surface area (Å²) in [5.41, 5.74) is 0. The van der Waals surface area contributed by atoms with E-state index in [9.17, 15) is 14.7 Å². The zero-order valence-electron chi connectivity index (χ0n) is 12.9. The van der Waals surface area contributed by atoms with Crippen molar-refractivity contribution in [1.29, 1.82) is 0 Å². The second kappa shape index (κ2) is 7.64. The number of piperazine rings is 1. The number of carbonyl (C=O) groups excluding carboxylic acids is 1. The van der Waals surface area contributed by atoms with Crippen molar-refractivity contribution in [3.05, 3.63) is 0 Å². The molecule has 21 heavy (non-hydrogen) atoms. The summed E-state index contributed by atoms with van der Waals surface area (Å²) >= 11 is 0. The lowest BCUT2D eigenvalue weighted by Crippen LogP contribution is -2.54. The summed E-state index contributed by atoms with van der Waals surface area (Å²) in [4.78, 5) is 27.9. The van der Waals surface area contributed by atoms with E-state index in [0.29, 0.717) is 6.42 Å². The predicted octanol–water partition coefficient (Wildman–Crippen LogP) is 1.37. The van der Waals surface area contributed by atoms with E-state index in [1.807, 2.05) is 4.90 Å². The Bertz CT molecular complexity index is 367. The van der Waals surface area contributed by atoms with Crippen molar-refractivity contribution in [1.82, 2.24) is 15.1 Å². The lowest BCUT2D eigenvalue weighted by molar-refractivity contribution is -0.142. The molecule has 1 aliphatic carbocycles. The molecular weight excluding hydrogens is 270 g/mol. The van der Waals surface area contributed by atoms with Gasteiger partial charge in [0.15, 0.2) is 0 Å². The van der Waals surface area contributed by atoms with Gasteiger partial charge >= 0.3 is 12.0 Å². The van der Waals surface area contributed by atoms with Crippen LogP contribution in [0.1, 0.15) is 39.0 Å². The van der Waals surface area contributed by atoms with E-state index in [4.69, 9.17) is 0 Å². The molecule has 2 aliphatic rings. The van der Waals surface area contributed by atoms with Crippen molar-refractivity contribution in [2.24, 2.45) is 5.92 Å². The van der Waals surface area contributed by atoms with Crippen LogP contribution in [-0.2, 0) is 4.79 Å². The van der Waals surface area contributed by atoms with Gasteiger partial charge in [-0.2, -0.15) is 0 Å². The van der Waals surface area contributed by atoms with Crippen LogP contribution >= 0.6 is 0 Å². The number of rotatable bonds is 3. The Morgan fingerprint density at radius 3 is 2.38 bits per heavy atom. The average Bonchev–Trinajstić information content (AvgIpc) is 2.72. The summed E-state index contributed by atoms with van der Waals surface area (Å²) in [6.45, 7) is 6.39. The molecule has 2 N–H and O–H groups in total. The van der Waals surface area contributed by atoms with Crippen LogP contribution in [-0.4, -0.2) is 65.7 Å². The molecule has 0 spiro atoms. The lowest BCUT2D eigenvalue weighted by atomic mass is 9.95. The Kier molecular flexibility index (Phi) is 5.85. The Hall–Kier alpha value is -1.30. The van der Waals surface area contributed by atoms with Crippen LogP contribution in [0.4, 0.5) is 4.79 Å². The maximum Gasteiger partial charge on any atom is 0.317 e. The molecule has 0 aromatic heterocycles. The molecule has 1 aliphatic heterocycles. The fourth-order valence-corrected chi connectivity index (χ4v) is 3.29. The SMILES string of the molecule is CCN1CCN(C(=O)NC2CCCCCC2C(=O)O)CC1. The van der Waals surface area contributed by atoms with Crippen LogP contribution in [0.5, 0.6) is 0 Å². The van der Waals surface area contributed by atoms with Crippen LogP contribution in [0.2, 0.25) is 0 Å². The molecule has 0 aromatic rings. The van der Waals surface area contributed by atoms with Crippen molar-refractivity contribution in [2.75, 3.05) is 32.7 Å². The van der Waals surface area contributed by atoms with Gasteiger partial charge < -0.3 is 20.2 Å². The minimum Gasteiger partial charge on any atom is -0.481 e. The Balaban J connectivity index is 1.89. The molecule has 6 nitrogen and oxygen atoms in total. The van der Waals surface area contributed by atoms with Gasteiger partial charge in [0, 0.05) is 32.2 Å². The normalized spacial score (nSPS) is 28.0. The predicted molar refractivity (Wildman–Crippen MR) is 80.2 cm³/mol. The number of hydrogen-bond acceptors (Lipinski definition) is 3. The lowest BCUT2D eigenvalue weighted by Gasteiger charge is -2.35. The summed E-state index contributed by atoms with van der Waals surface area (Å²) in [5.74, 6) is -1.22. The van der Waals surface area contributed by atoms with E-state index >= 15 is 0 Å². The molecule has 2 amide bonds. The molecule has 0 aromatic carbocycles. The third kappa shape index (κ3) is 4.33. The molecule has 2 unspecified atom stereocenters. The van der Waals surface area contributed by atoms with Gasteiger partial charge in [-0.1, -0.05) is 26.2 Å². The summed E-state index contributed by atoms with van der Waals surface area (Å²) in [6.07, 6.45) is 4.45. The summed E-state index contributed by atoms with van der Waals surface area (Å²) < 4.78 is 0. The van der Waals surface area contributed by atoms with Crippen LogP contribution in [0.15, 0.2) is 0 Å². The highest BCUT2D eigenvalue weighted by molar-refractivity contribution is 5.77. The van der Waals surface area contributed by atoms with Gasteiger partial charge in [-0.05, 0) is 19.4 Å². The molecule has 0 bridgehead atoms. The van der Waals surface area contributed by atoms with Gasteiger partial charge in [0.25, 0.3) is 0 Å². The maximum atomic E-state index is 12.3. The number of hydrogen-bond donors (Lipinski definition) is 2. The van der Waals surface area contributed by atoms with E-state index in [1.165, 1.54) is 0 Å². The highest BCUT2D eigenvalue weighted by Gasteiger charge is 2.32. The Morgan fingerprint density at radius 2 is 1.76 bits per heavy atom. The first-order valence-corrected chi connectivity index (χ1v) is 8.12. The smallest absolute Gasteiger partial charge is 0.317 e. The first kappa shape index (κ1) is 16.1. The largest absolute Gasteiger partial charge is 0.481 e. The number of nitrogens with one attached hydrogen (secondary N) is 1. The van der Waals surface area contributed by atoms with Crippen LogP contribution in [0.25, 0.3) is 0 Å². The number of urea groups is 1. The number of carboxylic acids is 1. The van der Waals surface area contributed by atoms with Gasteiger partial charge in [-0.3, -0.25) is 4.79 Å².